The number of aryl methyl sites for hydroxylation is 3. The van der Waals surface area contributed by atoms with Gasteiger partial charge in [0.2, 0.25) is 0 Å². The minimum atomic E-state index is 0.690. The van der Waals surface area contributed by atoms with Crippen molar-refractivity contribution in [3.8, 4) is 28.1 Å². The Morgan fingerprint density at radius 3 is 2.47 bits per heavy atom. The Hall–Kier alpha value is -3.11. The molecule has 0 atom stereocenters. The van der Waals surface area contributed by atoms with Crippen molar-refractivity contribution < 1.29 is 4.74 Å². The Morgan fingerprint density at radius 1 is 1.06 bits per heavy atom. The van der Waals surface area contributed by atoms with Gasteiger partial charge in [-0.3, -0.25) is 4.40 Å². The third-order valence-electron chi connectivity index (χ3n) is 6.45. The molecule has 2 aromatic carbocycles. The van der Waals surface area contributed by atoms with Crippen molar-refractivity contribution in [2.45, 2.75) is 39.2 Å². The second kappa shape index (κ2) is 8.44. The number of hydrogen-bond acceptors (Lipinski definition) is 2. The highest BCUT2D eigenvalue weighted by atomic mass is 32.1. The van der Waals surface area contributed by atoms with Crippen LogP contribution in [0.1, 0.15) is 36.1 Å². The summed E-state index contributed by atoms with van der Waals surface area (Å²) < 4.78 is 10.2. The maximum absolute atomic E-state index is 5.96. The van der Waals surface area contributed by atoms with Crippen molar-refractivity contribution in [3.63, 3.8) is 0 Å². The number of ether oxygens (including phenoxy) is 1. The molecule has 0 N–H and O–H groups in total. The molecule has 1 aliphatic heterocycles. The number of imidazole rings is 1. The summed E-state index contributed by atoms with van der Waals surface area (Å²) in [7, 11) is 1.70. The van der Waals surface area contributed by atoms with Crippen LogP contribution in [0.25, 0.3) is 28.0 Å². The van der Waals surface area contributed by atoms with Gasteiger partial charge in [-0.1, -0.05) is 60.3 Å². The van der Waals surface area contributed by atoms with Crippen molar-refractivity contribution >= 4 is 22.7 Å². The van der Waals surface area contributed by atoms with E-state index in [2.05, 4.69) is 65.1 Å². The predicted molar refractivity (Wildman–Crippen MR) is 137 cm³/mol. The van der Waals surface area contributed by atoms with Gasteiger partial charge < -0.3 is 9.30 Å². The topological polar surface area (TPSA) is 18.6 Å². The van der Waals surface area contributed by atoms with E-state index in [1.54, 1.807) is 7.11 Å². The van der Waals surface area contributed by atoms with Gasteiger partial charge in [-0.05, 0) is 49.4 Å². The van der Waals surface area contributed by atoms with Gasteiger partial charge in [0.25, 0.3) is 0 Å². The highest BCUT2D eigenvalue weighted by Crippen LogP contribution is 2.40. The number of hydrogen-bond donors (Lipinski definition) is 0. The van der Waals surface area contributed by atoms with Gasteiger partial charge in [-0.2, -0.15) is 0 Å². The lowest BCUT2D eigenvalue weighted by Crippen LogP contribution is -2.02. The predicted octanol–water partition coefficient (Wildman–Crippen LogP) is 7.02. The van der Waals surface area contributed by atoms with E-state index in [1.807, 2.05) is 18.2 Å². The van der Waals surface area contributed by atoms with E-state index in [9.17, 15) is 0 Å². The number of allylic oxidation sites excluding steroid dienone is 1. The van der Waals surface area contributed by atoms with Gasteiger partial charge in [0.05, 0.1) is 18.5 Å². The number of methoxy groups -OCH3 is 1. The molecule has 0 radical (unpaired) electrons. The molecule has 5 rings (SSSR count). The van der Waals surface area contributed by atoms with Crippen LogP contribution in [0.15, 0.2) is 67.4 Å². The lowest BCUT2D eigenvalue weighted by atomic mass is 9.96. The lowest BCUT2D eigenvalue weighted by Gasteiger charge is -2.10. The minimum absolute atomic E-state index is 0.690. The Kier molecular flexibility index (Phi) is 5.48. The summed E-state index contributed by atoms with van der Waals surface area (Å²) in [6.45, 7) is 7.10. The molecule has 0 spiro atoms. The van der Waals surface area contributed by atoms with E-state index < -0.39 is 0 Å². The molecule has 2 aromatic heterocycles. The van der Waals surface area contributed by atoms with Crippen LogP contribution in [0.5, 0.6) is 5.75 Å². The van der Waals surface area contributed by atoms with Gasteiger partial charge in [0.15, 0.2) is 0 Å². The molecule has 4 heteroatoms. The van der Waals surface area contributed by atoms with Crippen LogP contribution in [0.2, 0.25) is 0 Å². The van der Waals surface area contributed by atoms with E-state index >= 15 is 0 Å². The van der Waals surface area contributed by atoms with Gasteiger partial charge >= 0.3 is 0 Å². The van der Waals surface area contributed by atoms with Crippen LogP contribution in [-0.2, 0) is 13.0 Å². The fourth-order valence-electron chi connectivity index (χ4n) is 4.91. The average molecular weight is 441 g/mol. The minimum Gasteiger partial charge on any atom is -0.497 e. The molecule has 0 unspecified atom stereocenters. The molecule has 1 aliphatic rings. The van der Waals surface area contributed by atoms with Crippen molar-refractivity contribution in [3.05, 3.63) is 84.2 Å². The smallest absolute Gasteiger partial charge is 0.121 e. The van der Waals surface area contributed by atoms with Crippen LogP contribution >= 0.6 is 12.2 Å². The molecule has 32 heavy (non-hydrogen) atoms. The normalized spacial score (nSPS) is 13.2. The van der Waals surface area contributed by atoms with Gasteiger partial charge in [-0.15, -0.1) is 6.58 Å². The zero-order valence-corrected chi connectivity index (χ0v) is 19.5. The molecule has 0 bridgehead atoms. The molecule has 0 aliphatic carbocycles. The molecule has 4 aromatic rings. The van der Waals surface area contributed by atoms with Gasteiger partial charge in [0.1, 0.15) is 11.4 Å². The second-order valence-electron chi connectivity index (χ2n) is 8.53. The van der Waals surface area contributed by atoms with Crippen molar-refractivity contribution in [1.29, 1.82) is 0 Å². The molecule has 162 valence electrons. The first-order valence-electron chi connectivity index (χ1n) is 11.2. The summed E-state index contributed by atoms with van der Waals surface area (Å²) in [6, 6.07) is 17.2. The number of benzene rings is 2. The molecule has 3 heterocycles. The Morgan fingerprint density at radius 2 is 1.78 bits per heavy atom. The zero-order valence-electron chi connectivity index (χ0n) is 18.7. The van der Waals surface area contributed by atoms with Crippen LogP contribution < -0.4 is 4.74 Å². The average Bonchev–Trinajstić information content (AvgIpc) is 3.22. The van der Waals surface area contributed by atoms with E-state index in [0.29, 0.717) is 6.42 Å². The van der Waals surface area contributed by atoms with Crippen LogP contribution in [0.4, 0.5) is 0 Å². The molecular formula is C28H28N2OS. The van der Waals surface area contributed by atoms with E-state index in [4.69, 9.17) is 17.0 Å². The lowest BCUT2D eigenvalue weighted by molar-refractivity contribution is 0.415. The fraction of sp³-hybridized carbons (Fsp3) is 0.250. The maximum atomic E-state index is 5.96. The highest BCUT2D eigenvalue weighted by molar-refractivity contribution is 7.80. The summed E-state index contributed by atoms with van der Waals surface area (Å²) in [5, 5.41) is 0. The standard InChI is InChI=1S/C28H28N2OS/c1-4-7-25(32)27-26(21-13-15-22(31-3)16-14-21)23-8-5-6-17-29-24(18-30(27)28(23)29)20-11-9-19(2)10-12-20/h4,9-16,18H,1,5-8,17H2,2-3H3. The monoisotopic (exact) mass is 440 g/mol. The fourth-order valence-corrected chi connectivity index (χ4v) is 5.23. The summed E-state index contributed by atoms with van der Waals surface area (Å²) in [4.78, 5) is 0.931. The van der Waals surface area contributed by atoms with Crippen molar-refractivity contribution in [1.82, 2.24) is 8.97 Å². The zero-order chi connectivity index (χ0) is 22.2. The number of nitrogens with zero attached hydrogens (tertiary/aromatic N) is 2. The highest BCUT2D eigenvalue weighted by Gasteiger charge is 2.27. The Labute approximate surface area is 195 Å². The molecule has 0 fully saturated rings. The molecular weight excluding hydrogens is 412 g/mol. The summed E-state index contributed by atoms with van der Waals surface area (Å²) in [5.74, 6) is 0.866. The third-order valence-corrected chi connectivity index (χ3v) is 6.81. The summed E-state index contributed by atoms with van der Waals surface area (Å²) >= 11 is 5.96. The second-order valence-corrected chi connectivity index (χ2v) is 9.02. The summed E-state index contributed by atoms with van der Waals surface area (Å²) in [5.41, 5.74) is 10.0. The number of aromatic nitrogens is 2. The number of rotatable bonds is 6. The van der Waals surface area contributed by atoms with Crippen LogP contribution in [0.3, 0.4) is 0 Å². The quantitative estimate of drug-likeness (QED) is 0.182. The maximum Gasteiger partial charge on any atom is 0.121 e. The van der Waals surface area contributed by atoms with Crippen molar-refractivity contribution in [2.75, 3.05) is 7.11 Å². The first kappa shape index (κ1) is 20.8. The van der Waals surface area contributed by atoms with Gasteiger partial charge in [0, 0.05) is 35.2 Å². The largest absolute Gasteiger partial charge is 0.497 e. The van der Waals surface area contributed by atoms with Crippen LogP contribution in [0, 0.1) is 6.92 Å². The molecule has 3 nitrogen and oxygen atoms in total. The molecule has 0 saturated heterocycles. The Bertz CT molecular complexity index is 1310. The first-order chi connectivity index (χ1) is 15.6. The van der Waals surface area contributed by atoms with E-state index in [1.165, 1.54) is 52.0 Å². The van der Waals surface area contributed by atoms with Crippen LogP contribution in [-0.4, -0.2) is 20.9 Å². The van der Waals surface area contributed by atoms with Gasteiger partial charge in [-0.25, -0.2) is 0 Å². The first-order valence-corrected chi connectivity index (χ1v) is 11.6. The number of thiocarbonyl (C=S) groups is 1. The third kappa shape index (κ3) is 3.39. The molecule has 0 amide bonds. The Balaban J connectivity index is 1.81. The molecule has 0 saturated carbocycles. The SMILES string of the molecule is C=CCC(=S)c1c(-c2ccc(OC)cc2)c2c3n(c(-c4ccc(C)cc4)cn13)CCCC2. The summed E-state index contributed by atoms with van der Waals surface area (Å²) in [6.07, 6.45) is 8.28. The van der Waals surface area contributed by atoms with Crippen molar-refractivity contribution in [2.24, 2.45) is 0 Å². The van der Waals surface area contributed by atoms with E-state index in [0.717, 1.165) is 29.3 Å². The van der Waals surface area contributed by atoms with E-state index in [-0.39, 0.29) is 0 Å².